The molecule has 8 rings (SSSR count). The topological polar surface area (TPSA) is 98.3 Å². The highest BCUT2D eigenvalue weighted by Gasteiger charge is 2.68. The first-order valence-electron chi connectivity index (χ1n) is 15.4. The van der Waals surface area contributed by atoms with Crippen LogP contribution in [0.3, 0.4) is 0 Å². The maximum atomic E-state index is 15.1. The number of carbonyl (C=O) groups is 2. The molecular weight excluding hydrogens is 720 g/mol. The highest BCUT2D eigenvalue weighted by atomic mass is 79.9. The molecule has 1 unspecified atom stereocenters. The fourth-order valence-corrected chi connectivity index (χ4v) is 8.30. The lowest BCUT2D eigenvalue weighted by Crippen LogP contribution is -2.53. The van der Waals surface area contributed by atoms with E-state index in [1.165, 1.54) is 39.7 Å². The highest BCUT2D eigenvalue weighted by molar-refractivity contribution is 9.10. The Morgan fingerprint density at radius 1 is 0.857 bits per heavy atom. The normalized spacial score (nSPS) is 22.7. The van der Waals surface area contributed by atoms with Crippen LogP contribution in [0.15, 0.2) is 123 Å². The molecule has 246 valence electrons. The quantitative estimate of drug-likeness (QED) is 0.173. The Morgan fingerprint density at radius 3 is 2.27 bits per heavy atom. The number of para-hydroxylation sites is 1. The number of nitrogens with zero attached hydrogens (tertiary/aromatic N) is 4. The van der Waals surface area contributed by atoms with E-state index in [2.05, 4.69) is 21.4 Å². The van der Waals surface area contributed by atoms with Gasteiger partial charge in [-0.2, -0.15) is 5.01 Å². The molecule has 49 heavy (non-hydrogen) atoms. The minimum absolute atomic E-state index is 0.0135. The third-order valence-corrected chi connectivity index (χ3v) is 10.7. The molecule has 0 bridgehead atoms. The van der Waals surface area contributed by atoms with E-state index in [4.69, 9.17) is 11.6 Å². The first-order valence-corrected chi connectivity index (χ1v) is 16.6. The standard InChI is InChI=1S/C36H25BrClF2N5O4/c37-28-18-20(6-15-29(28)40)31-26-16-17-42-34(48)43(25-4-2-1-3-5-25)35(49)45(42)30(26)19-27-32(46)44(41-24-13-11-23(39)12-14-24)33(47)36(27,31)21-7-9-22(38)10-8-21/h1-16,18,27,30-31,41H,17,19H2/t27-,30?,31-,36+/m0/s1. The lowest BCUT2D eigenvalue weighted by molar-refractivity contribution is -0.138. The Balaban J connectivity index is 1.38. The molecule has 2 amide bonds. The molecule has 4 aromatic carbocycles. The summed E-state index contributed by atoms with van der Waals surface area (Å²) in [4.78, 5) is 57.6. The first kappa shape index (κ1) is 31.2. The molecule has 4 atom stereocenters. The van der Waals surface area contributed by atoms with Crippen molar-refractivity contribution in [2.24, 2.45) is 5.92 Å². The smallest absolute Gasteiger partial charge is 0.289 e. The van der Waals surface area contributed by atoms with Crippen molar-refractivity contribution < 1.29 is 18.4 Å². The average Bonchev–Trinajstić information content (AvgIpc) is 3.48. The van der Waals surface area contributed by atoms with Crippen molar-refractivity contribution in [1.82, 2.24) is 18.9 Å². The Hall–Kier alpha value is -5.07. The number of anilines is 1. The minimum Gasteiger partial charge on any atom is -0.289 e. The second-order valence-electron chi connectivity index (χ2n) is 12.3. The molecule has 0 spiro atoms. The van der Waals surface area contributed by atoms with Gasteiger partial charge in [0.1, 0.15) is 11.6 Å². The molecule has 1 N–H and O–H groups in total. The monoisotopic (exact) mass is 743 g/mol. The number of benzene rings is 4. The van der Waals surface area contributed by atoms with E-state index in [0.717, 1.165) is 9.58 Å². The van der Waals surface area contributed by atoms with Gasteiger partial charge in [0.15, 0.2) is 0 Å². The van der Waals surface area contributed by atoms with Crippen molar-refractivity contribution in [3.63, 3.8) is 0 Å². The molecule has 2 aliphatic heterocycles. The molecule has 3 heterocycles. The predicted octanol–water partition coefficient (Wildman–Crippen LogP) is 6.11. The van der Waals surface area contributed by atoms with Crippen LogP contribution >= 0.6 is 27.5 Å². The summed E-state index contributed by atoms with van der Waals surface area (Å²) in [5.41, 5.74) is 2.48. The molecule has 2 fully saturated rings. The largest absolute Gasteiger partial charge is 0.352 e. The number of carbonyl (C=O) groups excluding carboxylic acids is 2. The van der Waals surface area contributed by atoms with E-state index in [0.29, 0.717) is 33.1 Å². The van der Waals surface area contributed by atoms with E-state index in [9.17, 15) is 23.2 Å². The van der Waals surface area contributed by atoms with Crippen molar-refractivity contribution in [2.45, 2.75) is 30.3 Å². The molecule has 13 heteroatoms. The van der Waals surface area contributed by atoms with Crippen molar-refractivity contribution in [1.29, 1.82) is 0 Å². The Kier molecular flexibility index (Phi) is 7.34. The fourth-order valence-electron chi connectivity index (χ4n) is 7.78. The van der Waals surface area contributed by atoms with Crippen LogP contribution < -0.4 is 16.8 Å². The van der Waals surface area contributed by atoms with Gasteiger partial charge in [0.2, 0.25) is 0 Å². The van der Waals surface area contributed by atoms with E-state index in [-0.39, 0.29) is 17.4 Å². The number of halogens is 4. The molecule has 3 aliphatic rings. The van der Waals surface area contributed by atoms with E-state index < -0.39 is 58.1 Å². The van der Waals surface area contributed by atoms with Crippen molar-refractivity contribution in [2.75, 3.05) is 5.43 Å². The van der Waals surface area contributed by atoms with Crippen molar-refractivity contribution in [3.8, 4) is 5.69 Å². The summed E-state index contributed by atoms with van der Waals surface area (Å²) in [6.07, 6.45) is 1.81. The number of imide groups is 1. The van der Waals surface area contributed by atoms with Crippen LogP contribution in [0, 0.1) is 17.6 Å². The number of fused-ring (bicyclic) bond motifs is 4. The zero-order chi connectivity index (χ0) is 34.2. The fraction of sp³-hybridized carbons (Fsp3) is 0.167. The van der Waals surface area contributed by atoms with Gasteiger partial charge in [-0.05, 0) is 99.7 Å². The number of hydrogen-bond acceptors (Lipinski definition) is 5. The second-order valence-corrected chi connectivity index (χ2v) is 13.5. The molecule has 1 saturated heterocycles. The number of hydrogen-bond donors (Lipinski definition) is 1. The van der Waals surface area contributed by atoms with Crippen LogP contribution in [0.2, 0.25) is 5.02 Å². The van der Waals surface area contributed by atoms with Crippen LogP contribution in [0.4, 0.5) is 14.5 Å². The van der Waals surface area contributed by atoms with E-state index in [1.54, 1.807) is 66.7 Å². The maximum Gasteiger partial charge on any atom is 0.352 e. The van der Waals surface area contributed by atoms with Crippen LogP contribution in [-0.2, 0) is 21.5 Å². The van der Waals surface area contributed by atoms with Gasteiger partial charge in [-0.1, -0.05) is 54.1 Å². The second kappa shape index (κ2) is 11.5. The zero-order valence-electron chi connectivity index (χ0n) is 25.4. The van der Waals surface area contributed by atoms with E-state index >= 15 is 4.79 Å². The van der Waals surface area contributed by atoms with Gasteiger partial charge >= 0.3 is 11.4 Å². The highest BCUT2D eigenvalue weighted by Crippen LogP contribution is 2.62. The van der Waals surface area contributed by atoms with Crippen molar-refractivity contribution >= 4 is 45.0 Å². The van der Waals surface area contributed by atoms with Gasteiger partial charge in [0.05, 0.1) is 39.8 Å². The van der Waals surface area contributed by atoms with Gasteiger partial charge in [-0.15, -0.1) is 0 Å². The minimum atomic E-state index is -1.59. The Morgan fingerprint density at radius 2 is 1.57 bits per heavy atom. The lowest BCUT2D eigenvalue weighted by Gasteiger charge is -2.49. The molecule has 9 nitrogen and oxygen atoms in total. The SMILES string of the molecule is O=C1[C@@H]2CC3C(=CCn4c(=O)n(-c5ccccc5)c(=O)n43)[C@H](c3ccc(F)c(Br)c3)[C@]2(c2ccc(Cl)cc2)C(=O)N1Nc1ccc(F)cc1. The number of aromatic nitrogens is 3. The lowest BCUT2D eigenvalue weighted by atomic mass is 9.53. The third-order valence-electron chi connectivity index (χ3n) is 9.81. The summed E-state index contributed by atoms with van der Waals surface area (Å²) < 4.78 is 32.5. The molecule has 5 aromatic rings. The predicted molar refractivity (Wildman–Crippen MR) is 181 cm³/mol. The van der Waals surface area contributed by atoms with Gasteiger partial charge in [0, 0.05) is 10.9 Å². The number of amides is 2. The number of nitrogens with one attached hydrogen (secondary N) is 1. The van der Waals surface area contributed by atoms with Gasteiger partial charge in [-0.3, -0.25) is 15.0 Å². The zero-order valence-corrected chi connectivity index (χ0v) is 27.7. The molecule has 0 radical (unpaired) electrons. The van der Waals surface area contributed by atoms with Crippen LogP contribution in [0.25, 0.3) is 5.69 Å². The summed E-state index contributed by atoms with van der Waals surface area (Å²) in [7, 11) is 0. The Bertz CT molecular complexity index is 2320. The maximum absolute atomic E-state index is 15.1. The van der Waals surface area contributed by atoms with Crippen molar-refractivity contribution in [3.05, 3.63) is 162 Å². The van der Waals surface area contributed by atoms with Crippen LogP contribution in [0.1, 0.15) is 29.5 Å². The summed E-state index contributed by atoms with van der Waals surface area (Å²) in [6.45, 7) is 0.0135. The summed E-state index contributed by atoms with van der Waals surface area (Å²) in [5.74, 6) is -4.15. The summed E-state index contributed by atoms with van der Waals surface area (Å²) in [5, 5.41) is 1.36. The number of hydrazine groups is 1. The summed E-state index contributed by atoms with van der Waals surface area (Å²) >= 11 is 9.61. The molecular formula is C36H25BrClF2N5O4. The van der Waals surface area contributed by atoms with Gasteiger partial charge < -0.3 is 0 Å². The average molecular weight is 745 g/mol. The number of rotatable bonds is 5. The van der Waals surface area contributed by atoms with Gasteiger partial charge in [-0.25, -0.2) is 32.3 Å². The molecule has 1 aliphatic carbocycles. The first-order chi connectivity index (χ1) is 23.6. The summed E-state index contributed by atoms with van der Waals surface area (Å²) in [6, 6.07) is 24.0. The van der Waals surface area contributed by atoms with Crippen LogP contribution in [-0.4, -0.2) is 30.8 Å². The van der Waals surface area contributed by atoms with Gasteiger partial charge in [0.25, 0.3) is 11.8 Å². The third kappa shape index (κ3) is 4.61. The molecule has 1 aromatic heterocycles. The number of allylic oxidation sites excluding steroid dienone is 2. The van der Waals surface area contributed by atoms with E-state index in [1.807, 2.05) is 6.08 Å². The molecule has 1 saturated carbocycles. The van der Waals surface area contributed by atoms with Crippen LogP contribution in [0.5, 0.6) is 0 Å². The Labute approximate surface area is 290 Å².